The maximum atomic E-state index is 8.85. The van der Waals surface area contributed by atoms with Crippen molar-refractivity contribution in [2.45, 2.75) is 46.2 Å². The first-order valence-electron chi connectivity index (χ1n) is 6.22. The van der Waals surface area contributed by atoms with Crippen molar-refractivity contribution in [2.75, 3.05) is 26.2 Å². The second kappa shape index (κ2) is 8.74. The summed E-state index contributed by atoms with van der Waals surface area (Å²) in [5.41, 5.74) is 1.21. The molecule has 0 atom stereocenters. The van der Waals surface area contributed by atoms with Crippen molar-refractivity contribution in [3.63, 3.8) is 0 Å². The van der Waals surface area contributed by atoms with Gasteiger partial charge in [0.05, 0.1) is 0 Å². The van der Waals surface area contributed by atoms with E-state index in [2.05, 4.69) is 44.5 Å². The van der Waals surface area contributed by atoms with E-state index in [0.717, 1.165) is 26.1 Å². The number of aliphatic hydroxyl groups excluding tert-OH is 1. The summed E-state index contributed by atoms with van der Waals surface area (Å²) in [5.74, 6) is 0. The van der Waals surface area contributed by atoms with Crippen molar-refractivity contribution in [3.05, 3.63) is 12.2 Å². The van der Waals surface area contributed by atoms with E-state index in [0.29, 0.717) is 12.1 Å². The van der Waals surface area contributed by atoms with E-state index in [9.17, 15) is 0 Å². The number of rotatable bonds is 9. The van der Waals surface area contributed by atoms with Gasteiger partial charge < -0.3 is 10.4 Å². The molecule has 16 heavy (non-hydrogen) atoms. The first-order valence-corrected chi connectivity index (χ1v) is 6.22. The monoisotopic (exact) mass is 228 g/mol. The van der Waals surface area contributed by atoms with E-state index < -0.39 is 0 Å². The lowest BCUT2D eigenvalue weighted by Crippen LogP contribution is -2.36. The molecule has 0 saturated heterocycles. The normalized spacial score (nSPS) is 11.8. The van der Waals surface area contributed by atoms with Crippen molar-refractivity contribution in [1.82, 2.24) is 10.2 Å². The molecule has 3 heteroatoms. The van der Waals surface area contributed by atoms with Gasteiger partial charge in [0.25, 0.3) is 0 Å². The van der Waals surface area contributed by atoms with E-state index in [1.54, 1.807) is 0 Å². The maximum absolute atomic E-state index is 8.85. The minimum atomic E-state index is 0.264. The first-order chi connectivity index (χ1) is 7.47. The smallest absolute Gasteiger partial charge is 0.0443 e. The van der Waals surface area contributed by atoms with Crippen molar-refractivity contribution >= 4 is 0 Å². The van der Waals surface area contributed by atoms with Gasteiger partial charge in [-0.2, -0.15) is 0 Å². The van der Waals surface area contributed by atoms with Gasteiger partial charge in [-0.1, -0.05) is 20.4 Å². The van der Waals surface area contributed by atoms with Crippen molar-refractivity contribution in [3.8, 4) is 0 Å². The van der Waals surface area contributed by atoms with E-state index >= 15 is 0 Å². The van der Waals surface area contributed by atoms with Gasteiger partial charge in [-0.05, 0) is 25.8 Å². The second-order valence-corrected chi connectivity index (χ2v) is 4.93. The van der Waals surface area contributed by atoms with E-state index in [1.165, 1.54) is 5.57 Å². The summed E-state index contributed by atoms with van der Waals surface area (Å²) < 4.78 is 0. The molecule has 0 spiro atoms. The average Bonchev–Trinajstić information content (AvgIpc) is 2.20. The predicted molar refractivity (Wildman–Crippen MR) is 70.7 cm³/mol. The molecule has 2 N–H and O–H groups in total. The third-order valence-corrected chi connectivity index (χ3v) is 2.52. The Hall–Kier alpha value is -0.380. The van der Waals surface area contributed by atoms with E-state index in [4.69, 9.17) is 5.11 Å². The zero-order valence-corrected chi connectivity index (χ0v) is 11.3. The molecule has 0 aromatic carbocycles. The predicted octanol–water partition coefficient (Wildman–Crippen LogP) is 1.63. The van der Waals surface area contributed by atoms with Gasteiger partial charge in [0.15, 0.2) is 0 Å². The van der Waals surface area contributed by atoms with Crippen molar-refractivity contribution in [1.29, 1.82) is 0 Å². The molecule has 0 heterocycles. The summed E-state index contributed by atoms with van der Waals surface area (Å²) >= 11 is 0. The molecule has 0 aliphatic heterocycles. The highest BCUT2D eigenvalue weighted by atomic mass is 16.3. The van der Waals surface area contributed by atoms with Gasteiger partial charge in [0.1, 0.15) is 0 Å². The van der Waals surface area contributed by atoms with Crippen molar-refractivity contribution < 1.29 is 5.11 Å². The van der Waals surface area contributed by atoms with Crippen LogP contribution in [0, 0.1) is 0 Å². The third kappa shape index (κ3) is 7.85. The molecule has 0 saturated carbocycles. The fourth-order valence-corrected chi connectivity index (χ4v) is 1.49. The van der Waals surface area contributed by atoms with Crippen LogP contribution in [0.2, 0.25) is 0 Å². The van der Waals surface area contributed by atoms with Crippen LogP contribution in [0.4, 0.5) is 0 Å². The van der Waals surface area contributed by atoms with Gasteiger partial charge in [-0.25, -0.2) is 0 Å². The highest BCUT2D eigenvalue weighted by Gasteiger charge is 2.10. The van der Waals surface area contributed by atoms with Gasteiger partial charge in [-0.3, -0.25) is 4.90 Å². The number of hydrogen-bond donors (Lipinski definition) is 2. The molecule has 0 aliphatic rings. The summed E-state index contributed by atoms with van der Waals surface area (Å²) in [6, 6.07) is 1.00. The summed E-state index contributed by atoms with van der Waals surface area (Å²) in [7, 11) is 0. The van der Waals surface area contributed by atoms with Crippen LogP contribution >= 0.6 is 0 Å². The first kappa shape index (κ1) is 15.6. The zero-order valence-electron chi connectivity index (χ0n) is 11.3. The van der Waals surface area contributed by atoms with E-state index in [-0.39, 0.29) is 6.61 Å². The van der Waals surface area contributed by atoms with Crippen LogP contribution < -0.4 is 5.32 Å². The molecule has 0 bridgehead atoms. The Labute approximate surface area is 101 Å². The summed E-state index contributed by atoms with van der Waals surface area (Å²) in [6.07, 6.45) is 0.836. The molecule has 0 radical (unpaired) electrons. The zero-order chi connectivity index (χ0) is 12.6. The molecule has 0 aromatic heterocycles. The Morgan fingerprint density at radius 3 is 2.38 bits per heavy atom. The Balaban J connectivity index is 3.93. The number of nitrogens with zero attached hydrogens (tertiary/aromatic N) is 1. The van der Waals surface area contributed by atoms with E-state index in [1.807, 2.05) is 0 Å². The van der Waals surface area contributed by atoms with Gasteiger partial charge in [0, 0.05) is 38.3 Å². The highest BCUT2D eigenvalue weighted by Crippen LogP contribution is 2.03. The molecule has 0 fully saturated rings. The fraction of sp³-hybridized carbons (Fsp3) is 0.846. The molecule has 0 aliphatic carbocycles. The lowest BCUT2D eigenvalue weighted by Gasteiger charge is -2.27. The fourth-order valence-electron chi connectivity index (χ4n) is 1.49. The van der Waals surface area contributed by atoms with Crippen LogP contribution in [0.5, 0.6) is 0 Å². The quantitative estimate of drug-likeness (QED) is 0.589. The third-order valence-electron chi connectivity index (χ3n) is 2.52. The largest absolute Gasteiger partial charge is 0.396 e. The SMILES string of the molecule is C=C(CNC(C)C)CN(CCCO)C(C)C. The summed E-state index contributed by atoms with van der Waals surface area (Å²) in [5, 5.41) is 12.2. The second-order valence-electron chi connectivity index (χ2n) is 4.93. The summed E-state index contributed by atoms with van der Waals surface area (Å²) in [6.45, 7) is 15.7. The van der Waals surface area contributed by atoms with Gasteiger partial charge in [-0.15, -0.1) is 0 Å². The molecular formula is C13H28N2O. The van der Waals surface area contributed by atoms with Gasteiger partial charge in [0.2, 0.25) is 0 Å². The average molecular weight is 228 g/mol. The number of nitrogens with one attached hydrogen (secondary N) is 1. The molecule has 96 valence electrons. The minimum Gasteiger partial charge on any atom is -0.396 e. The maximum Gasteiger partial charge on any atom is 0.0443 e. The molecule has 0 aromatic rings. The van der Waals surface area contributed by atoms with Gasteiger partial charge >= 0.3 is 0 Å². The molecule has 0 rings (SSSR count). The Bertz CT molecular complexity index is 190. The molecule has 3 nitrogen and oxygen atoms in total. The van der Waals surface area contributed by atoms with Crippen LogP contribution in [0.25, 0.3) is 0 Å². The minimum absolute atomic E-state index is 0.264. The molecule has 0 unspecified atom stereocenters. The Morgan fingerprint density at radius 2 is 1.94 bits per heavy atom. The Morgan fingerprint density at radius 1 is 1.31 bits per heavy atom. The van der Waals surface area contributed by atoms with Crippen LogP contribution in [0.15, 0.2) is 12.2 Å². The van der Waals surface area contributed by atoms with Crippen LogP contribution in [-0.2, 0) is 0 Å². The van der Waals surface area contributed by atoms with Crippen LogP contribution in [0.3, 0.4) is 0 Å². The number of aliphatic hydroxyl groups is 1. The van der Waals surface area contributed by atoms with Crippen molar-refractivity contribution in [2.24, 2.45) is 0 Å². The number of hydrogen-bond acceptors (Lipinski definition) is 3. The van der Waals surface area contributed by atoms with Crippen LogP contribution in [-0.4, -0.2) is 48.3 Å². The molecular weight excluding hydrogens is 200 g/mol. The molecule has 0 amide bonds. The van der Waals surface area contributed by atoms with Crippen LogP contribution in [0.1, 0.15) is 34.1 Å². The topological polar surface area (TPSA) is 35.5 Å². The standard InChI is InChI=1S/C13H28N2O/c1-11(2)14-9-13(5)10-15(12(3)4)7-6-8-16/h11-12,14,16H,5-10H2,1-4H3. The lowest BCUT2D eigenvalue weighted by molar-refractivity contribution is 0.203. The lowest BCUT2D eigenvalue weighted by atomic mass is 10.2. The highest BCUT2D eigenvalue weighted by molar-refractivity contribution is 5.00. The summed E-state index contributed by atoms with van der Waals surface area (Å²) in [4.78, 5) is 2.35. The Kier molecular flexibility index (Phi) is 8.53.